The normalized spacial score (nSPS) is 12.7. The van der Waals surface area contributed by atoms with Crippen molar-refractivity contribution in [2.75, 3.05) is 19.1 Å². The molecule has 3 heterocycles. The summed E-state index contributed by atoms with van der Waals surface area (Å²) >= 11 is 5.33. The van der Waals surface area contributed by atoms with E-state index in [1.807, 2.05) is 13.8 Å². The molecule has 1 N–H and O–H groups in total. The molecule has 23 heavy (non-hydrogen) atoms. The standard InChI is InChI=1S/C7H9ClN2O2.C7H8N2O2/c1-5-4-6(10-9-5)7(11)12-3-2-8;1-5-4-6-7(10)11-3-2-9(6)8-5/h4H,2-3H2,1H3,(H,9,10);4H,2-3H2,1H3. The third-order valence-corrected chi connectivity index (χ3v) is 3.03. The van der Waals surface area contributed by atoms with Gasteiger partial charge in [-0.15, -0.1) is 11.6 Å². The Morgan fingerprint density at radius 2 is 2.26 bits per heavy atom. The van der Waals surface area contributed by atoms with E-state index in [1.165, 1.54) is 0 Å². The van der Waals surface area contributed by atoms with Crippen LogP contribution in [0, 0.1) is 13.8 Å². The number of nitrogens with one attached hydrogen (secondary N) is 1. The van der Waals surface area contributed by atoms with Crippen LogP contribution in [-0.4, -0.2) is 51.0 Å². The molecule has 124 valence electrons. The minimum Gasteiger partial charge on any atom is -0.460 e. The zero-order valence-corrected chi connectivity index (χ0v) is 13.6. The molecule has 0 spiro atoms. The van der Waals surface area contributed by atoms with E-state index < -0.39 is 5.97 Å². The molecular formula is C14H17ClN4O4. The Hall–Kier alpha value is -2.35. The summed E-state index contributed by atoms with van der Waals surface area (Å²) in [6.45, 7) is 5.00. The summed E-state index contributed by atoms with van der Waals surface area (Å²) in [5, 5.41) is 10.5. The number of esters is 2. The summed E-state index contributed by atoms with van der Waals surface area (Å²) in [6, 6.07) is 3.36. The SMILES string of the molecule is Cc1cc(C(=O)OCCCl)n[nH]1.Cc1cc2n(n1)CCOC2=O. The number of hydrogen-bond acceptors (Lipinski definition) is 6. The Bertz CT molecular complexity index is 695. The number of ether oxygens (including phenoxy) is 2. The molecule has 0 fully saturated rings. The third kappa shape index (κ3) is 4.56. The third-order valence-electron chi connectivity index (χ3n) is 2.87. The summed E-state index contributed by atoms with van der Waals surface area (Å²) in [5.41, 5.74) is 2.54. The van der Waals surface area contributed by atoms with Crippen LogP contribution in [0.2, 0.25) is 0 Å². The predicted molar refractivity (Wildman–Crippen MR) is 81.6 cm³/mol. The minimum absolute atomic E-state index is 0.215. The van der Waals surface area contributed by atoms with Crippen LogP contribution in [0.5, 0.6) is 0 Å². The number of carbonyl (C=O) groups excluding carboxylic acids is 2. The molecule has 2 aromatic heterocycles. The van der Waals surface area contributed by atoms with Crippen LogP contribution in [0.4, 0.5) is 0 Å². The molecule has 0 saturated carbocycles. The van der Waals surface area contributed by atoms with Crippen LogP contribution < -0.4 is 0 Å². The first kappa shape index (κ1) is 17.0. The lowest BCUT2D eigenvalue weighted by molar-refractivity contribution is 0.0410. The van der Waals surface area contributed by atoms with E-state index in [2.05, 4.69) is 15.3 Å². The van der Waals surface area contributed by atoms with Gasteiger partial charge in [0.05, 0.1) is 18.1 Å². The quantitative estimate of drug-likeness (QED) is 0.671. The number of aromatic amines is 1. The van der Waals surface area contributed by atoms with Gasteiger partial charge in [-0.25, -0.2) is 9.59 Å². The van der Waals surface area contributed by atoms with Crippen LogP contribution in [0.3, 0.4) is 0 Å². The van der Waals surface area contributed by atoms with Crippen LogP contribution in [0.1, 0.15) is 32.4 Å². The highest BCUT2D eigenvalue weighted by Crippen LogP contribution is 2.09. The van der Waals surface area contributed by atoms with Gasteiger partial charge in [0.15, 0.2) is 5.69 Å². The molecule has 1 aliphatic heterocycles. The molecule has 0 atom stereocenters. The van der Waals surface area contributed by atoms with Gasteiger partial charge in [0, 0.05) is 5.69 Å². The zero-order chi connectivity index (χ0) is 16.8. The Morgan fingerprint density at radius 3 is 2.87 bits per heavy atom. The van der Waals surface area contributed by atoms with E-state index in [4.69, 9.17) is 21.1 Å². The number of nitrogens with zero attached hydrogens (tertiary/aromatic N) is 3. The van der Waals surface area contributed by atoms with E-state index in [1.54, 1.807) is 16.8 Å². The molecule has 3 rings (SSSR count). The molecule has 2 aromatic rings. The van der Waals surface area contributed by atoms with Crippen LogP contribution in [0.25, 0.3) is 0 Å². The van der Waals surface area contributed by atoms with Gasteiger partial charge in [0.2, 0.25) is 0 Å². The van der Waals surface area contributed by atoms with Crippen molar-refractivity contribution >= 4 is 23.5 Å². The second kappa shape index (κ2) is 7.77. The minimum atomic E-state index is -0.444. The van der Waals surface area contributed by atoms with Gasteiger partial charge >= 0.3 is 11.9 Å². The summed E-state index contributed by atoms with van der Waals surface area (Å²) in [4.78, 5) is 22.1. The topological polar surface area (TPSA) is 99.1 Å². The second-order valence-corrected chi connectivity index (χ2v) is 5.17. The molecule has 0 saturated heterocycles. The van der Waals surface area contributed by atoms with Gasteiger partial charge in [-0.3, -0.25) is 9.78 Å². The average molecular weight is 341 g/mol. The number of H-pyrrole nitrogens is 1. The number of halogens is 1. The fourth-order valence-corrected chi connectivity index (χ4v) is 1.98. The number of hydrogen-bond donors (Lipinski definition) is 1. The Labute approximate surface area is 137 Å². The maximum Gasteiger partial charge on any atom is 0.358 e. The summed E-state index contributed by atoms with van der Waals surface area (Å²) < 4.78 is 11.2. The number of aryl methyl sites for hydroxylation is 2. The van der Waals surface area contributed by atoms with Crippen molar-refractivity contribution in [2.45, 2.75) is 20.4 Å². The summed E-state index contributed by atoms with van der Waals surface area (Å²) in [6.07, 6.45) is 0. The molecule has 0 unspecified atom stereocenters. The Morgan fingerprint density at radius 1 is 1.48 bits per heavy atom. The van der Waals surface area contributed by atoms with Gasteiger partial charge in [0.25, 0.3) is 0 Å². The maximum absolute atomic E-state index is 11.1. The first-order valence-corrected chi connectivity index (χ1v) is 7.51. The average Bonchev–Trinajstić information content (AvgIpc) is 3.11. The first-order valence-electron chi connectivity index (χ1n) is 6.98. The lowest BCUT2D eigenvalue weighted by Gasteiger charge is -2.12. The molecule has 9 heteroatoms. The van der Waals surface area contributed by atoms with Crippen molar-refractivity contribution in [3.05, 3.63) is 34.9 Å². The Kier molecular flexibility index (Phi) is 5.75. The van der Waals surface area contributed by atoms with Gasteiger partial charge in [-0.1, -0.05) is 0 Å². The molecular weight excluding hydrogens is 324 g/mol. The molecule has 0 aromatic carbocycles. The molecule has 0 bridgehead atoms. The number of cyclic esters (lactones) is 1. The lowest BCUT2D eigenvalue weighted by atomic mass is 10.3. The molecule has 0 aliphatic carbocycles. The van der Waals surface area contributed by atoms with Gasteiger partial charge in [0.1, 0.15) is 18.9 Å². The highest BCUT2D eigenvalue weighted by molar-refractivity contribution is 6.18. The Balaban J connectivity index is 0.000000167. The van der Waals surface area contributed by atoms with Crippen LogP contribution >= 0.6 is 11.6 Å². The molecule has 8 nitrogen and oxygen atoms in total. The molecule has 1 aliphatic rings. The fourth-order valence-electron chi connectivity index (χ4n) is 1.91. The zero-order valence-electron chi connectivity index (χ0n) is 12.8. The number of alkyl halides is 1. The first-order chi connectivity index (χ1) is 11.0. The lowest BCUT2D eigenvalue weighted by Crippen LogP contribution is -2.23. The van der Waals surface area contributed by atoms with E-state index >= 15 is 0 Å². The van der Waals surface area contributed by atoms with E-state index in [0.717, 1.165) is 11.4 Å². The largest absolute Gasteiger partial charge is 0.460 e. The number of aromatic nitrogens is 4. The van der Waals surface area contributed by atoms with Crippen molar-refractivity contribution in [3.63, 3.8) is 0 Å². The van der Waals surface area contributed by atoms with Crippen molar-refractivity contribution < 1.29 is 19.1 Å². The highest BCUT2D eigenvalue weighted by Gasteiger charge is 2.19. The van der Waals surface area contributed by atoms with Crippen LogP contribution in [0.15, 0.2) is 12.1 Å². The number of fused-ring (bicyclic) bond motifs is 1. The smallest absolute Gasteiger partial charge is 0.358 e. The van der Waals surface area contributed by atoms with E-state index in [9.17, 15) is 9.59 Å². The van der Waals surface area contributed by atoms with Crippen molar-refractivity contribution in [3.8, 4) is 0 Å². The van der Waals surface area contributed by atoms with Crippen LogP contribution in [-0.2, 0) is 16.0 Å². The second-order valence-electron chi connectivity index (χ2n) is 4.79. The molecule has 0 amide bonds. The van der Waals surface area contributed by atoms with Gasteiger partial charge < -0.3 is 9.47 Å². The summed E-state index contributed by atoms with van der Waals surface area (Å²) in [5.74, 6) is -0.411. The van der Waals surface area contributed by atoms with Gasteiger partial charge in [-0.05, 0) is 26.0 Å². The predicted octanol–water partition coefficient (Wildman–Crippen LogP) is 1.48. The molecule has 0 radical (unpaired) electrons. The van der Waals surface area contributed by atoms with E-state index in [-0.39, 0.29) is 18.3 Å². The highest BCUT2D eigenvalue weighted by atomic mass is 35.5. The van der Waals surface area contributed by atoms with E-state index in [0.29, 0.717) is 24.7 Å². The van der Waals surface area contributed by atoms with Gasteiger partial charge in [-0.2, -0.15) is 10.2 Å². The summed E-state index contributed by atoms with van der Waals surface area (Å²) in [7, 11) is 0. The monoisotopic (exact) mass is 340 g/mol. The van der Waals surface area contributed by atoms with Crippen molar-refractivity contribution in [1.29, 1.82) is 0 Å². The number of carbonyl (C=O) groups is 2. The van der Waals surface area contributed by atoms with Crippen molar-refractivity contribution in [2.24, 2.45) is 0 Å². The fraction of sp³-hybridized carbons (Fsp3) is 0.429. The van der Waals surface area contributed by atoms with Crippen molar-refractivity contribution in [1.82, 2.24) is 20.0 Å². The maximum atomic E-state index is 11.1. The number of rotatable bonds is 3.